The molecule has 0 saturated heterocycles. The van der Waals surface area contributed by atoms with E-state index in [-0.39, 0.29) is 17.3 Å². The molecule has 7 heteroatoms. The van der Waals surface area contributed by atoms with Gasteiger partial charge in [0.2, 0.25) is 5.91 Å². The highest BCUT2D eigenvalue weighted by atomic mass is 32.2. The highest BCUT2D eigenvalue weighted by Crippen LogP contribution is 2.43. The minimum atomic E-state index is -3.95. The number of hydrogen-bond acceptors (Lipinski definition) is 3. The first-order chi connectivity index (χ1) is 14.3. The molecule has 3 aromatic carbocycles. The molecule has 0 aromatic heterocycles. The van der Waals surface area contributed by atoms with Crippen LogP contribution in [0.5, 0.6) is 0 Å². The van der Waals surface area contributed by atoms with Crippen molar-refractivity contribution < 1.29 is 17.6 Å². The van der Waals surface area contributed by atoms with Crippen LogP contribution in [0.4, 0.5) is 10.1 Å². The highest BCUT2D eigenvalue weighted by Gasteiger charge is 2.36. The van der Waals surface area contributed by atoms with Crippen molar-refractivity contribution in [3.05, 3.63) is 83.7 Å². The van der Waals surface area contributed by atoms with Gasteiger partial charge in [-0.1, -0.05) is 48.0 Å². The quantitative estimate of drug-likeness (QED) is 0.637. The normalized spacial score (nSPS) is 14.0. The average molecular weight is 424 g/mol. The largest absolute Gasteiger partial charge is 0.340 e. The molecular formula is C23H21FN2O3S. The Hall–Kier alpha value is -3.19. The third kappa shape index (κ3) is 3.57. The number of amides is 1. The van der Waals surface area contributed by atoms with Crippen LogP contribution in [0, 0.1) is 12.7 Å². The molecule has 1 amide bonds. The molecule has 1 heterocycles. The Balaban J connectivity index is 1.67. The van der Waals surface area contributed by atoms with E-state index < -0.39 is 15.8 Å². The Kier molecular flexibility index (Phi) is 5.07. The minimum Gasteiger partial charge on any atom is -0.340 e. The molecule has 4 rings (SSSR count). The third-order valence-corrected chi connectivity index (χ3v) is 7.04. The van der Waals surface area contributed by atoms with E-state index in [1.54, 1.807) is 25.2 Å². The number of nitrogens with zero attached hydrogens (tertiary/aromatic N) is 2. The van der Waals surface area contributed by atoms with E-state index in [9.17, 15) is 17.6 Å². The van der Waals surface area contributed by atoms with Gasteiger partial charge in [-0.25, -0.2) is 12.8 Å². The summed E-state index contributed by atoms with van der Waals surface area (Å²) in [7, 11) is -2.32. The number of likely N-dealkylation sites (N-methyl/N-ethyl adjacent to an activating group) is 1. The van der Waals surface area contributed by atoms with Crippen LogP contribution in [0.3, 0.4) is 0 Å². The molecule has 0 atom stereocenters. The summed E-state index contributed by atoms with van der Waals surface area (Å²) in [6, 6.07) is 18.2. The molecule has 3 aromatic rings. The van der Waals surface area contributed by atoms with Crippen LogP contribution in [-0.2, 0) is 21.4 Å². The number of sulfonamides is 1. The van der Waals surface area contributed by atoms with Gasteiger partial charge in [0.1, 0.15) is 12.4 Å². The number of carbonyl (C=O) groups is 1. The van der Waals surface area contributed by atoms with Crippen LogP contribution in [0.2, 0.25) is 0 Å². The van der Waals surface area contributed by atoms with Crippen LogP contribution in [0.1, 0.15) is 11.1 Å². The Morgan fingerprint density at radius 2 is 1.70 bits per heavy atom. The third-order valence-electron chi connectivity index (χ3n) is 5.22. The monoisotopic (exact) mass is 424 g/mol. The van der Waals surface area contributed by atoms with Gasteiger partial charge in [0.05, 0.1) is 10.6 Å². The molecule has 154 valence electrons. The Morgan fingerprint density at radius 3 is 2.43 bits per heavy atom. The molecule has 0 saturated carbocycles. The molecule has 30 heavy (non-hydrogen) atoms. The summed E-state index contributed by atoms with van der Waals surface area (Å²) in [6.45, 7) is 1.98. The average Bonchev–Trinajstić information content (AvgIpc) is 2.73. The molecule has 1 aliphatic rings. The summed E-state index contributed by atoms with van der Waals surface area (Å²) in [5, 5.41) is 0. The van der Waals surface area contributed by atoms with Crippen molar-refractivity contribution in [3.63, 3.8) is 0 Å². The zero-order valence-corrected chi connectivity index (χ0v) is 17.5. The summed E-state index contributed by atoms with van der Waals surface area (Å²) in [5.74, 6) is -0.820. The standard InChI is InChI=1S/C23H21FN2O3S/c1-16-7-9-17(10-8-16)14-25(2)23(27)15-26-21-12-11-18(24)13-20(21)19-5-3-4-6-22(19)30(26,28)29/h3-13H,14-15H2,1-2H3. The fourth-order valence-electron chi connectivity index (χ4n) is 3.57. The van der Waals surface area contributed by atoms with Gasteiger partial charge in [-0.3, -0.25) is 9.10 Å². The van der Waals surface area contributed by atoms with E-state index in [2.05, 4.69) is 0 Å². The fraction of sp³-hybridized carbons (Fsp3) is 0.174. The second kappa shape index (κ2) is 7.57. The van der Waals surface area contributed by atoms with Crippen LogP contribution < -0.4 is 4.31 Å². The maximum absolute atomic E-state index is 13.9. The van der Waals surface area contributed by atoms with Gasteiger partial charge in [-0.2, -0.15) is 0 Å². The number of halogens is 1. The number of fused-ring (bicyclic) bond motifs is 3. The first-order valence-corrected chi connectivity index (χ1v) is 10.9. The minimum absolute atomic E-state index is 0.0667. The van der Waals surface area contributed by atoms with E-state index in [0.717, 1.165) is 15.4 Å². The lowest BCUT2D eigenvalue weighted by molar-refractivity contribution is -0.128. The molecule has 1 aliphatic heterocycles. The topological polar surface area (TPSA) is 57.7 Å². The Bertz CT molecular complexity index is 1220. The number of aryl methyl sites for hydroxylation is 1. The first-order valence-electron chi connectivity index (χ1n) is 9.48. The summed E-state index contributed by atoms with van der Waals surface area (Å²) in [5.41, 5.74) is 3.26. The number of anilines is 1. The van der Waals surface area contributed by atoms with Crippen molar-refractivity contribution in [1.82, 2.24) is 4.90 Å². The van der Waals surface area contributed by atoms with Gasteiger partial charge >= 0.3 is 0 Å². The van der Waals surface area contributed by atoms with Gasteiger partial charge in [-0.05, 0) is 36.8 Å². The number of hydrogen-bond donors (Lipinski definition) is 0. The summed E-state index contributed by atoms with van der Waals surface area (Å²) in [6.07, 6.45) is 0. The van der Waals surface area contributed by atoms with Crippen LogP contribution in [0.25, 0.3) is 11.1 Å². The SMILES string of the molecule is Cc1ccc(CN(C)C(=O)CN2c3ccc(F)cc3-c3ccccc3S2(=O)=O)cc1. The zero-order valence-electron chi connectivity index (χ0n) is 16.7. The fourth-order valence-corrected chi connectivity index (χ4v) is 5.22. The zero-order chi connectivity index (χ0) is 21.5. The molecule has 0 unspecified atom stereocenters. The maximum Gasteiger partial charge on any atom is 0.265 e. The smallest absolute Gasteiger partial charge is 0.265 e. The first kappa shape index (κ1) is 20.1. The number of rotatable bonds is 4. The van der Waals surface area contributed by atoms with Gasteiger partial charge in [0, 0.05) is 24.7 Å². The van der Waals surface area contributed by atoms with Gasteiger partial charge in [-0.15, -0.1) is 0 Å². The summed E-state index contributed by atoms with van der Waals surface area (Å²) >= 11 is 0. The predicted molar refractivity (Wildman–Crippen MR) is 114 cm³/mol. The second-order valence-corrected chi connectivity index (χ2v) is 9.24. The van der Waals surface area contributed by atoms with Gasteiger partial charge in [0.15, 0.2) is 0 Å². The molecule has 0 fully saturated rings. The van der Waals surface area contributed by atoms with E-state index in [0.29, 0.717) is 23.4 Å². The number of benzene rings is 3. The van der Waals surface area contributed by atoms with Crippen LogP contribution in [0.15, 0.2) is 71.6 Å². The molecule has 0 bridgehead atoms. The Morgan fingerprint density at radius 1 is 1.00 bits per heavy atom. The van der Waals surface area contributed by atoms with Crippen molar-refractivity contribution in [3.8, 4) is 11.1 Å². The van der Waals surface area contributed by atoms with E-state index in [1.807, 2.05) is 31.2 Å². The lowest BCUT2D eigenvalue weighted by Gasteiger charge is -2.32. The van der Waals surface area contributed by atoms with E-state index in [4.69, 9.17) is 0 Å². The molecule has 0 N–H and O–H groups in total. The summed E-state index contributed by atoms with van der Waals surface area (Å²) < 4.78 is 41.5. The Labute approximate surface area is 175 Å². The van der Waals surface area contributed by atoms with Gasteiger partial charge in [0.25, 0.3) is 10.0 Å². The van der Waals surface area contributed by atoms with Crippen molar-refractivity contribution in [2.45, 2.75) is 18.4 Å². The lowest BCUT2D eigenvalue weighted by Crippen LogP contribution is -2.43. The van der Waals surface area contributed by atoms with Crippen molar-refractivity contribution in [2.24, 2.45) is 0 Å². The van der Waals surface area contributed by atoms with E-state index in [1.165, 1.54) is 29.2 Å². The second-order valence-electron chi connectivity index (χ2n) is 7.40. The lowest BCUT2D eigenvalue weighted by atomic mass is 10.0. The molecular weight excluding hydrogens is 403 g/mol. The number of carbonyl (C=O) groups excluding carboxylic acids is 1. The van der Waals surface area contributed by atoms with Crippen molar-refractivity contribution in [1.29, 1.82) is 0 Å². The molecule has 0 radical (unpaired) electrons. The van der Waals surface area contributed by atoms with Crippen LogP contribution >= 0.6 is 0 Å². The van der Waals surface area contributed by atoms with Crippen LogP contribution in [-0.4, -0.2) is 32.8 Å². The van der Waals surface area contributed by atoms with E-state index >= 15 is 0 Å². The maximum atomic E-state index is 13.9. The van der Waals surface area contributed by atoms with Crippen molar-refractivity contribution in [2.75, 3.05) is 17.9 Å². The highest BCUT2D eigenvalue weighted by molar-refractivity contribution is 7.93. The van der Waals surface area contributed by atoms with Gasteiger partial charge < -0.3 is 4.90 Å². The molecule has 5 nitrogen and oxygen atoms in total. The predicted octanol–water partition coefficient (Wildman–Crippen LogP) is 3.97. The molecule has 0 aliphatic carbocycles. The summed E-state index contributed by atoms with van der Waals surface area (Å²) in [4.78, 5) is 14.5. The molecule has 0 spiro atoms. The van der Waals surface area contributed by atoms with Crippen molar-refractivity contribution >= 4 is 21.6 Å².